The first-order valence-electron chi connectivity index (χ1n) is 3.93. The fraction of sp³-hybridized carbons (Fsp3) is 0.375. The van der Waals surface area contributed by atoms with Crippen molar-refractivity contribution in [2.45, 2.75) is 13.3 Å². The Morgan fingerprint density at radius 2 is 2.50 bits per heavy atom. The summed E-state index contributed by atoms with van der Waals surface area (Å²) in [6, 6.07) is 0. The van der Waals surface area contributed by atoms with Gasteiger partial charge in [0.25, 0.3) is 0 Å². The average Bonchev–Trinajstić information content (AvgIpc) is 2.55. The number of hydrogen-bond acceptors (Lipinski definition) is 3. The van der Waals surface area contributed by atoms with Crippen LogP contribution in [0.3, 0.4) is 0 Å². The molecule has 0 aliphatic heterocycles. The molecule has 0 unspecified atom stereocenters. The lowest BCUT2D eigenvalue weighted by molar-refractivity contribution is 0.537. The molecule has 0 amide bonds. The number of nitrogens with zero attached hydrogens (tertiary/aromatic N) is 2. The Morgan fingerprint density at radius 1 is 1.67 bits per heavy atom. The van der Waals surface area contributed by atoms with Crippen LogP contribution in [0.2, 0.25) is 0 Å². The highest BCUT2D eigenvalue weighted by molar-refractivity contribution is 5.28. The van der Waals surface area contributed by atoms with Gasteiger partial charge in [0, 0.05) is 12.1 Å². The summed E-state index contributed by atoms with van der Waals surface area (Å²) in [5.41, 5.74) is 6.48. The summed E-state index contributed by atoms with van der Waals surface area (Å²) in [6.45, 7) is 2.59. The van der Waals surface area contributed by atoms with E-state index in [-0.39, 0.29) is 0 Å². The molecule has 4 heteroatoms. The molecule has 0 saturated carbocycles. The molecule has 0 bridgehead atoms. The van der Waals surface area contributed by atoms with Crippen LogP contribution in [0.1, 0.15) is 11.5 Å². The van der Waals surface area contributed by atoms with Crippen molar-refractivity contribution in [1.29, 1.82) is 0 Å². The van der Waals surface area contributed by atoms with E-state index in [0.717, 1.165) is 17.9 Å². The molecular weight excluding hydrogens is 154 g/mol. The Hall–Kier alpha value is -1.29. The number of aromatic nitrogens is 2. The maximum absolute atomic E-state index is 5.40. The van der Waals surface area contributed by atoms with Gasteiger partial charge >= 0.3 is 5.84 Å². The van der Waals surface area contributed by atoms with Crippen LogP contribution in [0.4, 0.5) is 0 Å². The number of rotatable bonds is 2. The summed E-state index contributed by atoms with van der Waals surface area (Å²) in [5, 5.41) is 0. The Bertz CT molecular complexity index is 388. The van der Waals surface area contributed by atoms with E-state index in [2.05, 4.69) is 4.98 Å². The van der Waals surface area contributed by atoms with Crippen molar-refractivity contribution in [2.75, 3.05) is 6.54 Å². The lowest BCUT2D eigenvalue weighted by Crippen LogP contribution is -2.01. The van der Waals surface area contributed by atoms with Crippen molar-refractivity contribution in [1.82, 2.24) is 9.38 Å². The molecule has 12 heavy (non-hydrogen) atoms. The third kappa shape index (κ3) is 1.00. The lowest BCUT2D eigenvalue weighted by Gasteiger charge is -1.86. The zero-order valence-electron chi connectivity index (χ0n) is 6.95. The van der Waals surface area contributed by atoms with Crippen molar-refractivity contribution in [3.05, 3.63) is 23.8 Å². The zero-order valence-corrected chi connectivity index (χ0v) is 6.95. The second kappa shape index (κ2) is 2.64. The fourth-order valence-electron chi connectivity index (χ4n) is 1.20. The number of hydrogen-bond donors (Lipinski definition) is 1. The van der Waals surface area contributed by atoms with Crippen molar-refractivity contribution >= 4 is 5.84 Å². The van der Waals surface area contributed by atoms with E-state index in [1.807, 2.05) is 17.5 Å². The van der Waals surface area contributed by atoms with Crippen molar-refractivity contribution in [3.8, 4) is 0 Å². The van der Waals surface area contributed by atoms with Gasteiger partial charge in [0.05, 0.1) is 12.4 Å². The molecule has 0 atom stereocenters. The first kappa shape index (κ1) is 7.36. The van der Waals surface area contributed by atoms with Crippen LogP contribution in [-0.4, -0.2) is 15.9 Å². The van der Waals surface area contributed by atoms with Gasteiger partial charge in [-0.15, -0.1) is 0 Å². The Morgan fingerprint density at radius 3 is 3.17 bits per heavy atom. The molecule has 0 aliphatic rings. The summed E-state index contributed by atoms with van der Waals surface area (Å²) >= 11 is 0. The zero-order chi connectivity index (χ0) is 8.55. The second-order valence-electron chi connectivity index (χ2n) is 2.79. The standard InChI is InChI=1S/C8H11N3O/c1-6-4-10-8-11(6)5-7(12-8)2-3-9/h4-5H,2-3,9H2,1H3. The van der Waals surface area contributed by atoms with Crippen LogP contribution in [0.5, 0.6) is 0 Å². The smallest absolute Gasteiger partial charge is 0.306 e. The molecule has 2 N–H and O–H groups in total. The van der Waals surface area contributed by atoms with Crippen LogP contribution in [0, 0.1) is 6.92 Å². The van der Waals surface area contributed by atoms with Crippen LogP contribution < -0.4 is 5.73 Å². The van der Waals surface area contributed by atoms with Gasteiger partial charge in [-0.25, -0.2) is 4.98 Å². The SMILES string of the molecule is Cc1cnc2oc(CCN)cn12. The van der Waals surface area contributed by atoms with Crippen molar-refractivity contribution in [2.24, 2.45) is 5.73 Å². The van der Waals surface area contributed by atoms with Gasteiger partial charge in [-0.05, 0) is 13.5 Å². The van der Waals surface area contributed by atoms with Gasteiger partial charge in [0.2, 0.25) is 0 Å². The van der Waals surface area contributed by atoms with Crippen LogP contribution in [0.15, 0.2) is 16.8 Å². The van der Waals surface area contributed by atoms with E-state index >= 15 is 0 Å². The highest BCUT2D eigenvalue weighted by Gasteiger charge is 2.05. The van der Waals surface area contributed by atoms with E-state index in [9.17, 15) is 0 Å². The average molecular weight is 165 g/mol. The second-order valence-corrected chi connectivity index (χ2v) is 2.79. The molecule has 2 heterocycles. The number of nitrogens with two attached hydrogens (primary N) is 1. The molecule has 0 spiro atoms. The van der Waals surface area contributed by atoms with Crippen molar-refractivity contribution in [3.63, 3.8) is 0 Å². The summed E-state index contributed by atoms with van der Waals surface area (Å²) in [5.74, 6) is 1.54. The third-order valence-corrected chi connectivity index (χ3v) is 1.83. The number of oxazole rings is 1. The maximum atomic E-state index is 5.40. The molecule has 0 saturated heterocycles. The summed E-state index contributed by atoms with van der Waals surface area (Å²) in [4.78, 5) is 4.08. The molecule has 4 nitrogen and oxygen atoms in total. The maximum Gasteiger partial charge on any atom is 0.306 e. The van der Waals surface area contributed by atoms with E-state index in [1.165, 1.54) is 0 Å². The Kier molecular flexibility index (Phi) is 1.62. The van der Waals surface area contributed by atoms with Gasteiger partial charge in [-0.2, -0.15) is 0 Å². The van der Waals surface area contributed by atoms with E-state index in [0.29, 0.717) is 12.4 Å². The van der Waals surface area contributed by atoms with E-state index in [4.69, 9.17) is 10.2 Å². The van der Waals surface area contributed by atoms with Crippen LogP contribution in [0.25, 0.3) is 5.84 Å². The van der Waals surface area contributed by atoms with Crippen LogP contribution in [-0.2, 0) is 6.42 Å². The number of fused-ring (bicyclic) bond motifs is 1. The predicted octanol–water partition coefficient (Wildman–Crippen LogP) is 0.737. The molecule has 0 fully saturated rings. The minimum atomic E-state index is 0.607. The monoisotopic (exact) mass is 165 g/mol. The highest BCUT2D eigenvalue weighted by Crippen LogP contribution is 2.10. The summed E-state index contributed by atoms with van der Waals surface area (Å²) < 4.78 is 7.32. The van der Waals surface area contributed by atoms with Gasteiger partial charge < -0.3 is 10.2 Å². The topological polar surface area (TPSA) is 56.5 Å². The summed E-state index contributed by atoms with van der Waals surface area (Å²) in [7, 11) is 0. The molecular formula is C8H11N3O. The molecule has 2 rings (SSSR count). The number of imidazole rings is 1. The quantitative estimate of drug-likeness (QED) is 0.714. The minimum Gasteiger partial charge on any atom is -0.428 e. The first-order valence-corrected chi connectivity index (χ1v) is 3.93. The highest BCUT2D eigenvalue weighted by atomic mass is 16.4. The predicted molar refractivity (Wildman–Crippen MR) is 45.0 cm³/mol. The molecule has 2 aromatic heterocycles. The van der Waals surface area contributed by atoms with Crippen molar-refractivity contribution < 1.29 is 4.42 Å². The van der Waals surface area contributed by atoms with E-state index in [1.54, 1.807) is 6.20 Å². The normalized spacial score (nSPS) is 11.2. The Labute approximate surface area is 70.0 Å². The molecule has 2 aromatic rings. The third-order valence-electron chi connectivity index (χ3n) is 1.83. The Balaban J connectivity index is 2.48. The lowest BCUT2D eigenvalue weighted by atomic mass is 10.4. The molecule has 0 aromatic carbocycles. The van der Waals surface area contributed by atoms with Gasteiger partial charge in [0.15, 0.2) is 0 Å². The van der Waals surface area contributed by atoms with Crippen LogP contribution >= 0.6 is 0 Å². The molecule has 0 aliphatic carbocycles. The molecule has 0 radical (unpaired) electrons. The fourth-order valence-corrected chi connectivity index (χ4v) is 1.20. The largest absolute Gasteiger partial charge is 0.428 e. The van der Waals surface area contributed by atoms with Gasteiger partial charge in [-0.1, -0.05) is 0 Å². The number of aryl methyl sites for hydroxylation is 1. The van der Waals surface area contributed by atoms with Gasteiger partial charge in [0.1, 0.15) is 5.76 Å². The van der Waals surface area contributed by atoms with Gasteiger partial charge in [-0.3, -0.25) is 4.40 Å². The van der Waals surface area contributed by atoms with E-state index < -0.39 is 0 Å². The minimum absolute atomic E-state index is 0.607. The summed E-state index contributed by atoms with van der Waals surface area (Å²) in [6.07, 6.45) is 4.48. The molecule has 64 valence electrons. The first-order chi connectivity index (χ1) is 5.81.